The molecule has 0 unspecified atom stereocenters. The molecule has 2 aromatic carbocycles. The van der Waals surface area contributed by atoms with Crippen LogP contribution in [0, 0.1) is 16.7 Å². The number of allylic oxidation sites excluding steroid dienone is 4. The van der Waals surface area contributed by atoms with Crippen LogP contribution in [0.5, 0.6) is 11.5 Å². The van der Waals surface area contributed by atoms with E-state index in [9.17, 15) is 10.1 Å². The molecule has 57 heavy (non-hydrogen) atoms. The fraction of sp³-hybridized carbons (Fsp3) is 0.574. The van der Waals surface area contributed by atoms with Gasteiger partial charge in [0.05, 0.1) is 44.8 Å². The van der Waals surface area contributed by atoms with Gasteiger partial charge in [0.25, 0.3) is 0 Å². The van der Waals surface area contributed by atoms with Crippen molar-refractivity contribution >= 4 is 11.9 Å². The van der Waals surface area contributed by atoms with E-state index in [4.69, 9.17) is 18.9 Å². The fourth-order valence-electron chi connectivity index (χ4n) is 8.78. The Morgan fingerprint density at radius 2 is 1.74 bits per heavy atom. The summed E-state index contributed by atoms with van der Waals surface area (Å²) in [5.74, 6) is 1.58. The van der Waals surface area contributed by atoms with E-state index in [-0.39, 0.29) is 31.8 Å². The third-order valence-electron chi connectivity index (χ3n) is 12.6. The third-order valence-corrected chi connectivity index (χ3v) is 12.6. The van der Waals surface area contributed by atoms with Crippen molar-refractivity contribution in [1.29, 1.82) is 5.26 Å². The van der Waals surface area contributed by atoms with Crippen LogP contribution in [0.1, 0.15) is 102 Å². The molecule has 1 N–H and O–H groups in total. The number of piperazine rings is 1. The SMILES string of the molecule is C.C.CN/C=C(\C(C)=C(\C)C=O)c1cc(OC)c(CN2CCN(Cc3cccc4c3CCN(COC/C(C#N)=C/C3(C)CCOCC3)[C@H]4C)C3(CC3)C2)c(OC)c1. The van der Waals surface area contributed by atoms with Crippen molar-refractivity contribution in [3.63, 3.8) is 0 Å². The minimum atomic E-state index is 0. The summed E-state index contributed by atoms with van der Waals surface area (Å²) in [5.41, 5.74) is 9.73. The summed E-state index contributed by atoms with van der Waals surface area (Å²) in [7, 11) is 5.29. The maximum absolute atomic E-state index is 11.6. The van der Waals surface area contributed by atoms with Crippen LogP contribution in [0.25, 0.3) is 5.57 Å². The summed E-state index contributed by atoms with van der Waals surface area (Å²) in [4.78, 5) is 19.3. The van der Waals surface area contributed by atoms with E-state index < -0.39 is 0 Å². The van der Waals surface area contributed by atoms with E-state index in [0.29, 0.717) is 24.5 Å². The summed E-state index contributed by atoms with van der Waals surface area (Å²) < 4.78 is 23.7. The quantitative estimate of drug-likeness (QED) is 0.0827. The lowest BCUT2D eigenvalue weighted by Crippen LogP contribution is -2.54. The van der Waals surface area contributed by atoms with Crippen LogP contribution < -0.4 is 14.8 Å². The van der Waals surface area contributed by atoms with Crippen molar-refractivity contribution in [2.24, 2.45) is 5.41 Å². The first-order chi connectivity index (χ1) is 26.6. The first kappa shape index (κ1) is 45.7. The molecule has 4 aliphatic rings. The number of methoxy groups -OCH3 is 2. The number of nitrogens with zero attached hydrogens (tertiary/aromatic N) is 4. The van der Waals surface area contributed by atoms with Gasteiger partial charge in [-0.05, 0) is 104 Å². The molecule has 0 radical (unpaired) electrons. The van der Waals surface area contributed by atoms with Crippen LogP contribution >= 0.6 is 0 Å². The zero-order valence-electron chi connectivity index (χ0n) is 34.1. The van der Waals surface area contributed by atoms with Gasteiger partial charge < -0.3 is 24.3 Å². The molecule has 0 bridgehead atoms. The highest BCUT2D eigenvalue weighted by Crippen LogP contribution is 2.47. The van der Waals surface area contributed by atoms with Gasteiger partial charge in [-0.2, -0.15) is 5.26 Å². The molecule has 1 atom stereocenters. The number of benzene rings is 2. The molecule has 3 fully saturated rings. The lowest BCUT2D eigenvalue weighted by atomic mass is 9.81. The lowest BCUT2D eigenvalue weighted by Gasteiger charge is -2.43. The first-order valence-corrected chi connectivity index (χ1v) is 19.9. The Morgan fingerprint density at radius 3 is 2.35 bits per heavy atom. The Morgan fingerprint density at radius 1 is 1.04 bits per heavy atom. The van der Waals surface area contributed by atoms with Crippen molar-refractivity contribution in [3.8, 4) is 17.6 Å². The molecule has 10 nitrogen and oxygen atoms in total. The van der Waals surface area contributed by atoms with Crippen molar-refractivity contribution < 1.29 is 23.7 Å². The monoisotopic (exact) mass is 784 g/mol. The van der Waals surface area contributed by atoms with Gasteiger partial charge in [-0.25, -0.2) is 0 Å². The smallest absolute Gasteiger partial charge is 0.146 e. The highest BCUT2D eigenvalue weighted by atomic mass is 16.5. The molecule has 3 aliphatic heterocycles. The Labute approximate surface area is 343 Å². The molecule has 1 spiro atoms. The molecule has 1 aliphatic carbocycles. The molecule has 1 saturated carbocycles. The van der Waals surface area contributed by atoms with Gasteiger partial charge in [-0.1, -0.05) is 46.1 Å². The number of ether oxygens (including phenoxy) is 4. The normalized spacial score (nSPS) is 21.3. The number of fused-ring (bicyclic) bond motifs is 1. The topological polar surface area (TPSA) is 99.5 Å². The summed E-state index contributed by atoms with van der Waals surface area (Å²) >= 11 is 0. The molecule has 6 rings (SSSR count). The van der Waals surface area contributed by atoms with Crippen LogP contribution in [0.15, 0.2) is 59.3 Å². The predicted octanol–water partition coefficient (Wildman–Crippen LogP) is 8.08. The van der Waals surface area contributed by atoms with Crippen LogP contribution in [0.3, 0.4) is 0 Å². The van der Waals surface area contributed by atoms with Crippen molar-refractivity contribution in [2.75, 3.05) is 74.0 Å². The Bertz CT molecular complexity index is 1810. The molecule has 0 aromatic heterocycles. The second-order valence-electron chi connectivity index (χ2n) is 16.2. The van der Waals surface area contributed by atoms with Gasteiger partial charge in [0, 0.05) is 82.9 Å². The molecule has 2 saturated heterocycles. The molecule has 312 valence electrons. The van der Waals surface area contributed by atoms with Crippen LogP contribution in [-0.2, 0) is 33.8 Å². The number of carbonyl (C=O) groups is 1. The van der Waals surface area contributed by atoms with Gasteiger partial charge in [0.15, 0.2) is 0 Å². The number of hydrogen-bond acceptors (Lipinski definition) is 10. The van der Waals surface area contributed by atoms with E-state index in [1.54, 1.807) is 14.2 Å². The van der Waals surface area contributed by atoms with Crippen LogP contribution in [-0.4, -0.2) is 101 Å². The second-order valence-corrected chi connectivity index (χ2v) is 16.2. The molecule has 10 heteroatoms. The number of hydrogen-bond donors (Lipinski definition) is 1. The molecular weight excluding hydrogens is 715 g/mol. The zero-order chi connectivity index (χ0) is 39.2. The third kappa shape index (κ3) is 10.4. The van der Waals surface area contributed by atoms with Crippen LogP contribution in [0.4, 0.5) is 0 Å². The maximum atomic E-state index is 11.6. The lowest BCUT2D eigenvalue weighted by molar-refractivity contribution is -0.104. The number of aldehydes is 1. The Kier molecular flexibility index (Phi) is 16.1. The summed E-state index contributed by atoms with van der Waals surface area (Å²) in [5, 5.41) is 13.0. The standard InChI is InChI=1S/C45H61N5O5.2CH4/c1-32(28-51)33(2)40(25-47-5)37-21-42(52-6)41(43(22-37)53-7)27-48-17-18-50(45(30-48)12-13-45)26-36-9-8-10-38-34(3)49(16-11-39(36)38)31-55-29-35(24-46)23-44(4)14-19-54-20-15-44;;/h8-10,21-23,25,28,34,47H,11-20,26-27,29-31H2,1-7H3;2*1H4/b33-32-,35-23+,40-25+;;/t34-;;/m0../s1. The summed E-state index contributed by atoms with van der Waals surface area (Å²) in [6.07, 6.45) is 10.2. The zero-order valence-corrected chi connectivity index (χ0v) is 34.1. The van der Waals surface area contributed by atoms with E-state index in [1.165, 1.54) is 29.5 Å². The molecule has 2 aromatic rings. The maximum Gasteiger partial charge on any atom is 0.146 e. The minimum absolute atomic E-state index is 0. The van der Waals surface area contributed by atoms with Gasteiger partial charge in [0.2, 0.25) is 0 Å². The van der Waals surface area contributed by atoms with Gasteiger partial charge in [0.1, 0.15) is 17.8 Å². The number of nitrogens with one attached hydrogen (secondary N) is 1. The van der Waals surface area contributed by atoms with Gasteiger partial charge in [-0.15, -0.1) is 0 Å². The minimum Gasteiger partial charge on any atom is -0.496 e. The van der Waals surface area contributed by atoms with Crippen molar-refractivity contribution in [2.45, 2.75) is 99.3 Å². The Balaban J connectivity index is 0.00000360. The van der Waals surface area contributed by atoms with Gasteiger partial charge in [-0.3, -0.25) is 19.5 Å². The summed E-state index contributed by atoms with van der Waals surface area (Å²) in [6, 6.07) is 13.6. The van der Waals surface area contributed by atoms with E-state index >= 15 is 0 Å². The van der Waals surface area contributed by atoms with Crippen LogP contribution in [0.2, 0.25) is 0 Å². The first-order valence-electron chi connectivity index (χ1n) is 19.9. The molecular formula is C47H69N5O5. The number of carbonyl (C=O) groups excluding carboxylic acids is 1. The largest absolute Gasteiger partial charge is 0.496 e. The highest BCUT2D eigenvalue weighted by Gasteiger charge is 2.51. The van der Waals surface area contributed by atoms with E-state index in [1.807, 2.05) is 27.1 Å². The van der Waals surface area contributed by atoms with Gasteiger partial charge >= 0.3 is 0 Å². The predicted molar refractivity (Wildman–Crippen MR) is 230 cm³/mol. The fourth-order valence-corrected chi connectivity index (χ4v) is 8.78. The second kappa shape index (κ2) is 20.1. The van der Waals surface area contributed by atoms with Crippen molar-refractivity contribution in [1.82, 2.24) is 20.0 Å². The van der Waals surface area contributed by atoms with E-state index in [2.05, 4.69) is 76.3 Å². The highest BCUT2D eigenvalue weighted by molar-refractivity contribution is 5.87. The Hall–Kier alpha value is -3.98. The average molecular weight is 784 g/mol. The number of rotatable bonds is 15. The molecule has 0 amide bonds. The van der Waals surface area contributed by atoms with E-state index in [0.717, 1.165) is 112 Å². The molecule has 3 heterocycles. The van der Waals surface area contributed by atoms with Crippen molar-refractivity contribution in [3.05, 3.63) is 87.1 Å². The summed E-state index contributed by atoms with van der Waals surface area (Å²) in [6.45, 7) is 16.3. The average Bonchev–Trinajstić information content (AvgIpc) is 3.97. The number of nitriles is 1.